The second-order valence-corrected chi connectivity index (χ2v) is 8.13. The lowest BCUT2D eigenvalue weighted by Crippen LogP contribution is -1.97. The van der Waals surface area contributed by atoms with Gasteiger partial charge in [-0.25, -0.2) is 4.98 Å². The molecule has 118 valence electrons. The Labute approximate surface area is 164 Å². The van der Waals surface area contributed by atoms with Crippen LogP contribution in [0.2, 0.25) is 0 Å². The van der Waals surface area contributed by atoms with Crippen LogP contribution in [0.5, 0.6) is 0 Å². The summed E-state index contributed by atoms with van der Waals surface area (Å²) < 4.78 is 5.33. The second-order valence-electron chi connectivity index (χ2n) is 5.39. The molecule has 0 amide bonds. The molecule has 1 heterocycles. The van der Waals surface area contributed by atoms with Gasteiger partial charge in [-0.15, -0.1) is 0 Å². The molecule has 0 aliphatic rings. The Morgan fingerprint density at radius 1 is 0.667 bits per heavy atom. The van der Waals surface area contributed by atoms with Gasteiger partial charge in [0.1, 0.15) is 5.82 Å². The number of hydrogen-bond acceptors (Lipinski definition) is 1. The van der Waals surface area contributed by atoms with Crippen molar-refractivity contribution in [3.8, 4) is 17.1 Å². The molecule has 0 bridgehead atoms. The van der Waals surface area contributed by atoms with Gasteiger partial charge < -0.3 is 0 Å². The molecule has 24 heavy (non-hydrogen) atoms. The summed E-state index contributed by atoms with van der Waals surface area (Å²) >= 11 is 10.5. The van der Waals surface area contributed by atoms with E-state index in [1.54, 1.807) is 0 Å². The maximum Gasteiger partial charge on any atom is 0.145 e. The van der Waals surface area contributed by atoms with Crippen molar-refractivity contribution in [2.45, 2.75) is 0 Å². The van der Waals surface area contributed by atoms with Crippen molar-refractivity contribution in [2.75, 3.05) is 0 Å². The molecule has 5 heteroatoms. The van der Waals surface area contributed by atoms with Crippen molar-refractivity contribution >= 4 is 58.8 Å². The van der Waals surface area contributed by atoms with E-state index in [2.05, 4.69) is 82.7 Å². The van der Waals surface area contributed by atoms with Crippen molar-refractivity contribution in [2.24, 2.45) is 0 Å². The van der Waals surface area contributed by atoms with Gasteiger partial charge in [0, 0.05) is 24.7 Å². The molecular weight excluding hydrogens is 496 g/mol. The zero-order chi connectivity index (χ0) is 16.7. The second kappa shape index (κ2) is 6.47. The predicted octanol–water partition coefficient (Wildman–Crippen LogP) is 6.98. The van der Waals surface area contributed by atoms with Crippen LogP contribution in [-0.2, 0) is 0 Å². The van der Waals surface area contributed by atoms with E-state index in [0.717, 1.165) is 41.5 Å². The Balaban J connectivity index is 2.02. The van der Waals surface area contributed by atoms with Gasteiger partial charge in [0.15, 0.2) is 0 Å². The molecule has 0 N–H and O–H groups in total. The van der Waals surface area contributed by atoms with Crippen LogP contribution in [0.15, 0.2) is 80.1 Å². The van der Waals surface area contributed by atoms with Gasteiger partial charge in [-0.05, 0) is 54.6 Å². The van der Waals surface area contributed by atoms with E-state index >= 15 is 0 Å². The lowest BCUT2D eigenvalue weighted by Gasteiger charge is -2.10. The minimum atomic E-state index is 0.929. The fourth-order valence-corrected chi connectivity index (χ4v) is 3.58. The van der Waals surface area contributed by atoms with Gasteiger partial charge in [-0.2, -0.15) is 0 Å². The first-order valence-corrected chi connectivity index (χ1v) is 9.69. The van der Waals surface area contributed by atoms with Crippen LogP contribution >= 0.6 is 47.8 Å². The summed E-state index contributed by atoms with van der Waals surface area (Å²) in [5.74, 6) is 0.929. The Hall–Kier alpha value is -1.43. The molecule has 1 aromatic heterocycles. The van der Waals surface area contributed by atoms with Gasteiger partial charge in [-0.3, -0.25) is 4.57 Å². The van der Waals surface area contributed by atoms with Crippen molar-refractivity contribution in [3.05, 3.63) is 80.1 Å². The van der Waals surface area contributed by atoms with Crippen LogP contribution in [0.1, 0.15) is 0 Å². The van der Waals surface area contributed by atoms with E-state index in [1.807, 2.05) is 36.4 Å². The van der Waals surface area contributed by atoms with Gasteiger partial charge in [0.05, 0.1) is 11.0 Å². The summed E-state index contributed by atoms with van der Waals surface area (Å²) in [6, 6.07) is 22.7. The lowest BCUT2D eigenvalue weighted by atomic mass is 10.2. The Kier molecular flexibility index (Phi) is 4.33. The van der Waals surface area contributed by atoms with Crippen molar-refractivity contribution in [3.63, 3.8) is 0 Å². The van der Waals surface area contributed by atoms with E-state index in [4.69, 9.17) is 4.98 Å². The average molecular weight is 507 g/mol. The number of imidazole rings is 1. The first-order chi connectivity index (χ1) is 11.6. The first-order valence-electron chi connectivity index (χ1n) is 7.32. The summed E-state index contributed by atoms with van der Waals surface area (Å²) in [7, 11) is 0. The Bertz CT molecular complexity index is 1020. The molecule has 0 saturated carbocycles. The third kappa shape index (κ3) is 2.96. The normalized spacial score (nSPS) is 11.1. The van der Waals surface area contributed by atoms with Crippen LogP contribution < -0.4 is 0 Å². The maximum atomic E-state index is 4.88. The third-order valence-corrected chi connectivity index (χ3v) is 5.35. The fourth-order valence-electron chi connectivity index (χ4n) is 2.70. The largest absolute Gasteiger partial charge is 0.292 e. The van der Waals surface area contributed by atoms with Crippen LogP contribution in [0.25, 0.3) is 28.1 Å². The Morgan fingerprint density at radius 2 is 1.25 bits per heavy atom. The number of halogens is 3. The molecule has 0 aliphatic heterocycles. The van der Waals surface area contributed by atoms with Crippen molar-refractivity contribution in [1.82, 2.24) is 9.55 Å². The molecule has 0 unspecified atom stereocenters. The topological polar surface area (TPSA) is 17.8 Å². The Morgan fingerprint density at radius 3 is 1.92 bits per heavy atom. The number of hydrogen-bond donors (Lipinski definition) is 0. The SMILES string of the molecule is Brc1ccc(-c2nc3cc(Br)ccc3n2-c2ccc(Br)cc2)cc1. The zero-order valence-corrected chi connectivity index (χ0v) is 17.1. The average Bonchev–Trinajstić information content (AvgIpc) is 2.94. The molecule has 4 rings (SSSR count). The number of nitrogens with zero attached hydrogens (tertiary/aromatic N) is 2. The number of rotatable bonds is 2. The summed E-state index contributed by atoms with van der Waals surface area (Å²) in [6.07, 6.45) is 0. The third-order valence-electron chi connectivity index (χ3n) is 3.80. The summed E-state index contributed by atoms with van der Waals surface area (Å²) in [5.41, 5.74) is 4.21. The summed E-state index contributed by atoms with van der Waals surface area (Å²) in [6.45, 7) is 0. The molecule has 0 atom stereocenters. The van der Waals surface area contributed by atoms with E-state index in [-0.39, 0.29) is 0 Å². The predicted molar refractivity (Wildman–Crippen MR) is 110 cm³/mol. The number of aromatic nitrogens is 2. The summed E-state index contributed by atoms with van der Waals surface area (Å²) in [4.78, 5) is 4.88. The highest BCUT2D eigenvalue weighted by molar-refractivity contribution is 9.11. The highest BCUT2D eigenvalue weighted by atomic mass is 79.9. The smallest absolute Gasteiger partial charge is 0.145 e. The zero-order valence-electron chi connectivity index (χ0n) is 12.4. The van der Waals surface area contributed by atoms with Gasteiger partial charge in [-0.1, -0.05) is 59.9 Å². The monoisotopic (exact) mass is 504 g/mol. The van der Waals surface area contributed by atoms with Crippen molar-refractivity contribution < 1.29 is 0 Å². The molecule has 2 nitrogen and oxygen atoms in total. The van der Waals surface area contributed by atoms with Crippen molar-refractivity contribution in [1.29, 1.82) is 0 Å². The van der Waals surface area contributed by atoms with Crippen LogP contribution in [0.3, 0.4) is 0 Å². The molecule has 4 aromatic rings. The molecule has 0 saturated heterocycles. The van der Waals surface area contributed by atoms with E-state index in [9.17, 15) is 0 Å². The summed E-state index contributed by atoms with van der Waals surface area (Å²) in [5, 5.41) is 0. The van der Waals surface area contributed by atoms with Crippen LogP contribution in [-0.4, -0.2) is 9.55 Å². The van der Waals surface area contributed by atoms with Gasteiger partial charge >= 0.3 is 0 Å². The number of fused-ring (bicyclic) bond motifs is 1. The molecule has 0 fully saturated rings. The maximum absolute atomic E-state index is 4.88. The van der Waals surface area contributed by atoms with Crippen LogP contribution in [0.4, 0.5) is 0 Å². The van der Waals surface area contributed by atoms with Gasteiger partial charge in [0.25, 0.3) is 0 Å². The first kappa shape index (κ1) is 16.1. The highest BCUT2D eigenvalue weighted by Gasteiger charge is 2.14. The molecule has 0 radical (unpaired) electrons. The highest BCUT2D eigenvalue weighted by Crippen LogP contribution is 2.31. The van der Waals surface area contributed by atoms with Gasteiger partial charge in [0.2, 0.25) is 0 Å². The van der Waals surface area contributed by atoms with E-state index in [1.165, 1.54) is 0 Å². The molecular formula is C19H11Br3N2. The van der Waals surface area contributed by atoms with E-state index in [0.29, 0.717) is 0 Å². The minimum Gasteiger partial charge on any atom is -0.292 e. The van der Waals surface area contributed by atoms with E-state index < -0.39 is 0 Å². The molecule has 0 spiro atoms. The van der Waals surface area contributed by atoms with Crippen LogP contribution in [0, 0.1) is 0 Å². The lowest BCUT2D eigenvalue weighted by molar-refractivity contribution is 1.10. The minimum absolute atomic E-state index is 0.929. The number of benzene rings is 3. The quantitative estimate of drug-likeness (QED) is 0.287. The standard InChI is InChI=1S/C19H11Br3N2/c20-13-3-1-12(2-4-13)19-23-17-11-15(22)7-10-18(17)24(19)16-8-5-14(21)6-9-16/h1-11H. The fraction of sp³-hybridized carbons (Fsp3) is 0. The molecule has 3 aromatic carbocycles. The molecule has 0 aliphatic carbocycles.